The second-order valence-electron chi connectivity index (χ2n) is 6.04. The van der Waals surface area contributed by atoms with Crippen LogP contribution in [0.4, 0.5) is 0 Å². The van der Waals surface area contributed by atoms with Gasteiger partial charge in [-0.3, -0.25) is 4.90 Å². The van der Waals surface area contributed by atoms with Crippen molar-refractivity contribution in [1.82, 2.24) is 10.2 Å². The van der Waals surface area contributed by atoms with Gasteiger partial charge in [0.2, 0.25) is 0 Å². The van der Waals surface area contributed by atoms with Crippen LogP contribution in [0.1, 0.15) is 24.0 Å². The zero-order chi connectivity index (χ0) is 15.1. The Morgan fingerprint density at radius 2 is 2.29 bits per heavy atom. The summed E-state index contributed by atoms with van der Waals surface area (Å²) in [6.07, 6.45) is 2.60. The second kappa shape index (κ2) is 8.74. The van der Waals surface area contributed by atoms with Gasteiger partial charge in [-0.05, 0) is 56.0 Å². The monoisotopic (exact) mass is 310 g/mol. The SMILES string of the molecule is COCCNCC1CCCN(Cc2ccc(C)cc2Cl)C1. The number of nitrogens with one attached hydrogen (secondary N) is 1. The van der Waals surface area contributed by atoms with Crippen molar-refractivity contribution in [3.8, 4) is 0 Å². The van der Waals surface area contributed by atoms with Gasteiger partial charge < -0.3 is 10.1 Å². The number of piperidine rings is 1. The predicted molar refractivity (Wildman–Crippen MR) is 88.9 cm³/mol. The van der Waals surface area contributed by atoms with Crippen molar-refractivity contribution in [3.63, 3.8) is 0 Å². The summed E-state index contributed by atoms with van der Waals surface area (Å²) in [6.45, 7) is 8.20. The molecule has 0 aromatic heterocycles. The number of halogens is 1. The third-order valence-corrected chi connectivity index (χ3v) is 4.47. The average molecular weight is 311 g/mol. The highest BCUT2D eigenvalue weighted by molar-refractivity contribution is 6.31. The molecule has 0 spiro atoms. The molecule has 1 aliphatic rings. The van der Waals surface area contributed by atoms with Crippen molar-refractivity contribution < 1.29 is 4.74 Å². The normalized spacial score (nSPS) is 19.9. The van der Waals surface area contributed by atoms with Crippen LogP contribution in [-0.4, -0.2) is 44.8 Å². The summed E-state index contributed by atoms with van der Waals surface area (Å²) in [5.41, 5.74) is 2.47. The first kappa shape index (κ1) is 16.8. The first-order valence-corrected chi connectivity index (χ1v) is 8.24. The summed E-state index contributed by atoms with van der Waals surface area (Å²) in [5, 5.41) is 4.38. The first-order valence-electron chi connectivity index (χ1n) is 7.86. The summed E-state index contributed by atoms with van der Waals surface area (Å²) in [7, 11) is 1.75. The zero-order valence-corrected chi connectivity index (χ0v) is 14.0. The van der Waals surface area contributed by atoms with E-state index in [-0.39, 0.29) is 0 Å². The Bertz CT molecular complexity index is 439. The van der Waals surface area contributed by atoms with Crippen LogP contribution in [0.25, 0.3) is 0 Å². The van der Waals surface area contributed by atoms with Crippen molar-refractivity contribution in [3.05, 3.63) is 34.3 Å². The molecule has 1 aromatic rings. The van der Waals surface area contributed by atoms with E-state index in [4.69, 9.17) is 16.3 Å². The molecular weight excluding hydrogens is 284 g/mol. The topological polar surface area (TPSA) is 24.5 Å². The Morgan fingerprint density at radius 3 is 3.05 bits per heavy atom. The molecule has 1 unspecified atom stereocenters. The smallest absolute Gasteiger partial charge is 0.0587 e. The van der Waals surface area contributed by atoms with Gasteiger partial charge in [-0.25, -0.2) is 0 Å². The quantitative estimate of drug-likeness (QED) is 0.783. The number of ether oxygens (including phenoxy) is 1. The van der Waals surface area contributed by atoms with Gasteiger partial charge >= 0.3 is 0 Å². The number of rotatable bonds is 7. The van der Waals surface area contributed by atoms with Gasteiger partial charge in [0, 0.05) is 31.8 Å². The number of hydrogen-bond acceptors (Lipinski definition) is 3. The molecule has 1 saturated heterocycles. The van der Waals surface area contributed by atoms with E-state index in [1.54, 1.807) is 7.11 Å². The fourth-order valence-corrected chi connectivity index (χ4v) is 3.26. The van der Waals surface area contributed by atoms with Gasteiger partial charge in [0.05, 0.1) is 6.61 Å². The lowest BCUT2D eigenvalue weighted by Crippen LogP contribution is -2.39. The fourth-order valence-electron chi connectivity index (χ4n) is 2.96. The van der Waals surface area contributed by atoms with Crippen LogP contribution >= 0.6 is 11.6 Å². The van der Waals surface area contributed by atoms with Crippen LogP contribution in [-0.2, 0) is 11.3 Å². The van der Waals surface area contributed by atoms with Gasteiger partial charge in [0.1, 0.15) is 0 Å². The van der Waals surface area contributed by atoms with Gasteiger partial charge in [0.15, 0.2) is 0 Å². The van der Waals surface area contributed by atoms with Gasteiger partial charge in [0.25, 0.3) is 0 Å². The lowest BCUT2D eigenvalue weighted by molar-refractivity contribution is 0.159. The van der Waals surface area contributed by atoms with Crippen molar-refractivity contribution in [2.45, 2.75) is 26.3 Å². The molecule has 2 rings (SSSR count). The standard InChI is InChI=1S/C17H27ClN2O/c1-14-5-6-16(17(18)10-14)13-20-8-3-4-15(12-20)11-19-7-9-21-2/h5-6,10,15,19H,3-4,7-9,11-13H2,1-2H3. The van der Waals surface area contributed by atoms with Crippen LogP contribution < -0.4 is 5.32 Å². The Kier molecular flexibility index (Phi) is 6.97. The Balaban J connectivity index is 1.80. The molecule has 1 aromatic carbocycles. The number of methoxy groups -OCH3 is 1. The van der Waals surface area contributed by atoms with Crippen molar-refractivity contribution in [1.29, 1.82) is 0 Å². The number of likely N-dealkylation sites (tertiary alicyclic amines) is 1. The summed E-state index contributed by atoms with van der Waals surface area (Å²) in [6, 6.07) is 6.37. The van der Waals surface area contributed by atoms with E-state index in [1.807, 2.05) is 0 Å². The fraction of sp³-hybridized carbons (Fsp3) is 0.647. The first-order chi connectivity index (χ1) is 10.2. The van der Waals surface area contributed by atoms with Crippen LogP contribution in [0.2, 0.25) is 5.02 Å². The van der Waals surface area contributed by atoms with Crippen molar-refractivity contribution in [2.75, 3.05) is 39.9 Å². The summed E-state index contributed by atoms with van der Waals surface area (Å²) >= 11 is 6.35. The molecular formula is C17H27ClN2O. The number of aryl methyl sites for hydroxylation is 1. The Morgan fingerprint density at radius 1 is 1.43 bits per heavy atom. The molecule has 1 atom stereocenters. The van der Waals surface area contributed by atoms with Crippen molar-refractivity contribution in [2.24, 2.45) is 5.92 Å². The molecule has 0 radical (unpaired) electrons. The van der Waals surface area contributed by atoms with Gasteiger partial charge in [-0.15, -0.1) is 0 Å². The third kappa shape index (κ3) is 5.59. The van der Waals surface area contributed by atoms with Gasteiger partial charge in [-0.1, -0.05) is 23.7 Å². The molecule has 1 N–H and O–H groups in total. The van der Waals surface area contributed by atoms with E-state index in [9.17, 15) is 0 Å². The van der Waals surface area contributed by atoms with E-state index in [1.165, 1.54) is 30.5 Å². The number of hydrogen-bond donors (Lipinski definition) is 1. The largest absolute Gasteiger partial charge is 0.383 e. The molecule has 0 amide bonds. The lowest BCUT2D eigenvalue weighted by atomic mass is 9.97. The minimum Gasteiger partial charge on any atom is -0.383 e. The highest BCUT2D eigenvalue weighted by atomic mass is 35.5. The minimum atomic E-state index is 0.736. The van der Waals surface area contributed by atoms with Gasteiger partial charge in [-0.2, -0.15) is 0 Å². The molecule has 0 bridgehead atoms. The molecule has 118 valence electrons. The van der Waals surface area contributed by atoms with E-state index in [0.29, 0.717) is 0 Å². The highest BCUT2D eigenvalue weighted by Crippen LogP contribution is 2.22. The maximum absolute atomic E-state index is 6.35. The average Bonchev–Trinajstić information content (AvgIpc) is 2.47. The molecule has 1 heterocycles. The predicted octanol–water partition coefficient (Wildman–Crippen LogP) is 3.10. The number of benzene rings is 1. The third-order valence-electron chi connectivity index (χ3n) is 4.12. The molecule has 1 aliphatic heterocycles. The van der Waals surface area contributed by atoms with Crippen molar-refractivity contribution >= 4 is 11.6 Å². The maximum atomic E-state index is 6.35. The van der Waals surface area contributed by atoms with E-state index in [0.717, 1.165) is 43.7 Å². The highest BCUT2D eigenvalue weighted by Gasteiger charge is 2.20. The second-order valence-corrected chi connectivity index (χ2v) is 6.44. The molecule has 0 aliphatic carbocycles. The van der Waals surface area contributed by atoms with E-state index in [2.05, 4.69) is 35.3 Å². The molecule has 1 fully saturated rings. The molecule has 21 heavy (non-hydrogen) atoms. The van der Waals surface area contributed by atoms with Crippen LogP contribution in [0, 0.1) is 12.8 Å². The molecule has 3 nitrogen and oxygen atoms in total. The van der Waals surface area contributed by atoms with Crippen LogP contribution in [0.3, 0.4) is 0 Å². The zero-order valence-electron chi connectivity index (χ0n) is 13.2. The van der Waals surface area contributed by atoms with E-state index < -0.39 is 0 Å². The Labute approximate surface area is 133 Å². The molecule has 0 saturated carbocycles. The minimum absolute atomic E-state index is 0.736. The lowest BCUT2D eigenvalue weighted by Gasteiger charge is -2.33. The summed E-state index contributed by atoms with van der Waals surface area (Å²) in [5.74, 6) is 0.736. The Hall–Kier alpha value is -0.610. The van der Waals surface area contributed by atoms with E-state index >= 15 is 0 Å². The number of nitrogens with zero attached hydrogens (tertiary/aromatic N) is 1. The maximum Gasteiger partial charge on any atom is 0.0587 e. The summed E-state index contributed by atoms with van der Waals surface area (Å²) < 4.78 is 5.07. The summed E-state index contributed by atoms with van der Waals surface area (Å²) in [4.78, 5) is 2.53. The van der Waals surface area contributed by atoms with Crippen LogP contribution in [0.15, 0.2) is 18.2 Å². The molecule has 4 heteroatoms. The van der Waals surface area contributed by atoms with Crippen LogP contribution in [0.5, 0.6) is 0 Å².